The van der Waals surface area contributed by atoms with Crippen molar-refractivity contribution in [3.63, 3.8) is 0 Å². The molecule has 0 bridgehead atoms. The minimum absolute atomic E-state index is 0.0375. The van der Waals surface area contributed by atoms with Crippen LogP contribution in [-0.4, -0.2) is 37.9 Å². The van der Waals surface area contributed by atoms with Crippen LogP contribution in [-0.2, 0) is 23.8 Å². The van der Waals surface area contributed by atoms with E-state index >= 15 is 0 Å². The first kappa shape index (κ1) is 62.0. The maximum absolute atomic E-state index is 12.8. The van der Waals surface area contributed by atoms with Gasteiger partial charge in [-0.25, -0.2) is 0 Å². The van der Waals surface area contributed by atoms with Gasteiger partial charge in [-0.2, -0.15) is 0 Å². The van der Waals surface area contributed by atoms with Crippen molar-refractivity contribution in [2.75, 3.05) is 19.8 Å². The number of hydrogen-bond acceptors (Lipinski definition) is 5. The monoisotopic (exact) mass is 911 g/mol. The van der Waals surface area contributed by atoms with Gasteiger partial charge in [-0.05, 0) is 116 Å². The van der Waals surface area contributed by atoms with Gasteiger partial charge in [-0.15, -0.1) is 0 Å². The van der Waals surface area contributed by atoms with Crippen LogP contribution in [0.2, 0.25) is 0 Å². The molecule has 5 nitrogen and oxygen atoms in total. The fourth-order valence-corrected chi connectivity index (χ4v) is 6.84. The molecule has 0 aromatic carbocycles. The van der Waals surface area contributed by atoms with E-state index in [1.54, 1.807) is 0 Å². The highest BCUT2D eigenvalue weighted by molar-refractivity contribution is 5.70. The molecule has 1 unspecified atom stereocenters. The first-order valence-electron chi connectivity index (χ1n) is 26.7. The van der Waals surface area contributed by atoms with Crippen LogP contribution in [0.3, 0.4) is 0 Å². The van der Waals surface area contributed by atoms with E-state index in [4.69, 9.17) is 14.2 Å². The molecule has 0 N–H and O–H groups in total. The third-order valence-corrected chi connectivity index (χ3v) is 10.7. The molecular formula is C61H98O5. The first-order valence-corrected chi connectivity index (χ1v) is 26.7. The van der Waals surface area contributed by atoms with Crippen molar-refractivity contribution < 1.29 is 23.8 Å². The third-order valence-electron chi connectivity index (χ3n) is 10.7. The predicted molar refractivity (Wildman–Crippen MR) is 288 cm³/mol. The van der Waals surface area contributed by atoms with Crippen LogP contribution in [0.1, 0.15) is 213 Å². The van der Waals surface area contributed by atoms with Crippen molar-refractivity contribution >= 4 is 11.9 Å². The molecule has 66 heavy (non-hydrogen) atoms. The highest BCUT2D eigenvalue weighted by Gasteiger charge is 2.17. The van der Waals surface area contributed by atoms with Crippen LogP contribution in [0.25, 0.3) is 0 Å². The molecule has 0 spiro atoms. The maximum Gasteiger partial charge on any atom is 0.306 e. The number of carbonyl (C=O) groups excluding carboxylic acids is 2. The van der Waals surface area contributed by atoms with E-state index in [-0.39, 0.29) is 25.2 Å². The zero-order valence-electron chi connectivity index (χ0n) is 42.7. The fraction of sp³-hybridized carbons (Fsp3) is 0.607. The molecule has 0 aliphatic rings. The third kappa shape index (κ3) is 52.7. The van der Waals surface area contributed by atoms with Gasteiger partial charge in [0.25, 0.3) is 0 Å². The van der Waals surface area contributed by atoms with Crippen molar-refractivity contribution in [3.8, 4) is 0 Å². The Balaban J connectivity index is 4.44. The van der Waals surface area contributed by atoms with E-state index < -0.39 is 6.10 Å². The van der Waals surface area contributed by atoms with Crippen molar-refractivity contribution in [2.45, 2.75) is 219 Å². The molecule has 0 aromatic heterocycles. The van der Waals surface area contributed by atoms with E-state index in [2.05, 4.69) is 154 Å². The van der Waals surface area contributed by atoms with Crippen LogP contribution in [0.5, 0.6) is 0 Å². The Morgan fingerprint density at radius 3 is 1.02 bits per heavy atom. The Morgan fingerprint density at radius 2 is 0.636 bits per heavy atom. The summed E-state index contributed by atoms with van der Waals surface area (Å²) >= 11 is 0. The van der Waals surface area contributed by atoms with Crippen molar-refractivity contribution in [3.05, 3.63) is 134 Å². The molecule has 0 aromatic rings. The molecule has 0 fully saturated rings. The molecule has 0 radical (unpaired) electrons. The van der Waals surface area contributed by atoms with Crippen molar-refractivity contribution in [1.29, 1.82) is 0 Å². The standard InChI is InChI=1S/C61H98O5/c1-4-7-10-13-16-19-22-25-28-31-33-36-39-42-45-48-51-54-60(62)65-58-59(57-64-56-53-50-47-44-41-38-35-30-27-24-21-18-15-12-9-6-3)66-61(63)55-52-49-46-43-40-37-34-32-29-26-23-20-17-14-11-8-5-2/h7-12,16-21,25-30,38,41,47,50,59H,4-6,13-15,22-24,31-37,39-40,42-46,48-49,51-58H2,1-3H3/b10-7-,11-8-,12-9-,19-16-,20-17-,21-18-,28-25-,29-26-,30-27-,41-38-,50-47-. The summed E-state index contributed by atoms with van der Waals surface area (Å²) in [5.74, 6) is -0.469. The molecule has 0 aliphatic carbocycles. The molecule has 5 heteroatoms. The Labute approximate surface area is 407 Å². The number of hydrogen-bond donors (Lipinski definition) is 0. The Bertz CT molecular complexity index is 1400. The van der Waals surface area contributed by atoms with Gasteiger partial charge in [0.15, 0.2) is 6.10 Å². The summed E-state index contributed by atoms with van der Waals surface area (Å²) in [6.07, 6.45) is 79.1. The predicted octanol–water partition coefficient (Wildman–Crippen LogP) is 18.3. The van der Waals surface area contributed by atoms with Gasteiger partial charge < -0.3 is 14.2 Å². The zero-order chi connectivity index (χ0) is 47.7. The summed E-state index contributed by atoms with van der Waals surface area (Å²) < 4.78 is 17.3. The van der Waals surface area contributed by atoms with Crippen LogP contribution in [0.15, 0.2) is 134 Å². The fourth-order valence-electron chi connectivity index (χ4n) is 6.84. The second kappa shape index (κ2) is 55.4. The highest BCUT2D eigenvalue weighted by Crippen LogP contribution is 2.13. The van der Waals surface area contributed by atoms with Gasteiger partial charge in [0.2, 0.25) is 0 Å². The second-order valence-corrected chi connectivity index (χ2v) is 17.0. The lowest BCUT2D eigenvalue weighted by molar-refractivity contribution is -0.162. The minimum atomic E-state index is -0.595. The number of ether oxygens (including phenoxy) is 3. The number of esters is 2. The average molecular weight is 911 g/mol. The van der Waals surface area contributed by atoms with Crippen LogP contribution < -0.4 is 0 Å². The first-order chi connectivity index (χ1) is 32.6. The lowest BCUT2D eigenvalue weighted by Crippen LogP contribution is -2.30. The topological polar surface area (TPSA) is 61.8 Å². The Kier molecular flexibility index (Phi) is 52.0. The zero-order valence-corrected chi connectivity index (χ0v) is 42.7. The number of allylic oxidation sites excluding steroid dienone is 21. The summed E-state index contributed by atoms with van der Waals surface area (Å²) in [4.78, 5) is 25.5. The van der Waals surface area contributed by atoms with E-state index in [1.807, 2.05) is 0 Å². The van der Waals surface area contributed by atoms with Gasteiger partial charge >= 0.3 is 11.9 Å². The normalized spacial score (nSPS) is 13.3. The summed E-state index contributed by atoms with van der Waals surface area (Å²) in [5.41, 5.74) is 0. The quantitative estimate of drug-likeness (QED) is 0.0346. The molecule has 372 valence electrons. The van der Waals surface area contributed by atoms with Gasteiger partial charge in [-0.1, -0.05) is 219 Å². The summed E-state index contributed by atoms with van der Waals surface area (Å²) in [6, 6.07) is 0. The van der Waals surface area contributed by atoms with E-state index in [9.17, 15) is 9.59 Å². The summed E-state index contributed by atoms with van der Waals surface area (Å²) in [5, 5.41) is 0. The smallest absolute Gasteiger partial charge is 0.306 e. The molecule has 0 amide bonds. The molecule has 0 heterocycles. The summed E-state index contributed by atoms with van der Waals surface area (Å²) in [7, 11) is 0. The highest BCUT2D eigenvalue weighted by atomic mass is 16.6. The summed E-state index contributed by atoms with van der Waals surface area (Å²) in [6.45, 7) is 7.25. The van der Waals surface area contributed by atoms with Crippen LogP contribution in [0, 0.1) is 0 Å². The van der Waals surface area contributed by atoms with Crippen LogP contribution >= 0.6 is 0 Å². The molecule has 0 rings (SSSR count). The van der Waals surface area contributed by atoms with Gasteiger partial charge in [0, 0.05) is 12.8 Å². The number of carbonyl (C=O) groups is 2. The molecule has 0 aliphatic heterocycles. The van der Waals surface area contributed by atoms with Crippen LogP contribution in [0.4, 0.5) is 0 Å². The number of unbranched alkanes of at least 4 members (excludes halogenated alkanes) is 14. The van der Waals surface area contributed by atoms with E-state index in [1.165, 1.54) is 51.4 Å². The van der Waals surface area contributed by atoms with Gasteiger partial charge in [-0.3, -0.25) is 9.59 Å². The lowest BCUT2D eigenvalue weighted by atomic mass is 10.1. The minimum Gasteiger partial charge on any atom is -0.462 e. The Hall–Kier alpha value is -3.96. The molecule has 0 saturated carbocycles. The molecule has 1 atom stereocenters. The molecular weight excluding hydrogens is 813 g/mol. The SMILES string of the molecule is CC/C=C\C/C=C\C/C=C\C/C=C\C/C=C\CCOCC(COC(=O)CCCCCCCCC/C=C\C/C=C\C/C=C\CC)OC(=O)CCCCCCCCC/C=C\C/C=C\C/C=C\CC. The largest absolute Gasteiger partial charge is 0.462 e. The van der Waals surface area contributed by atoms with Gasteiger partial charge in [0.05, 0.1) is 13.2 Å². The number of rotatable bonds is 47. The maximum atomic E-state index is 12.8. The van der Waals surface area contributed by atoms with Gasteiger partial charge in [0.1, 0.15) is 6.61 Å². The second-order valence-electron chi connectivity index (χ2n) is 17.0. The van der Waals surface area contributed by atoms with Crippen molar-refractivity contribution in [2.24, 2.45) is 0 Å². The lowest BCUT2D eigenvalue weighted by Gasteiger charge is -2.18. The molecule has 0 saturated heterocycles. The Morgan fingerprint density at radius 1 is 0.333 bits per heavy atom. The average Bonchev–Trinajstić information content (AvgIpc) is 3.32. The van der Waals surface area contributed by atoms with E-state index in [0.717, 1.165) is 128 Å². The van der Waals surface area contributed by atoms with Crippen molar-refractivity contribution in [1.82, 2.24) is 0 Å². The van der Waals surface area contributed by atoms with E-state index in [0.29, 0.717) is 19.4 Å².